The third-order valence-electron chi connectivity index (χ3n) is 3.76. The highest BCUT2D eigenvalue weighted by atomic mass is 14.9. The molecule has 2 rings (SSSR count). The highest BCUT2D eigenvalue weighted by molar-refractivity contribution is 5.36. The second-order valence-electron chi connectivity index (χ2n) is 5.25. The quantitative estimate of drug-likeness (QED) is 0.896. The highest BCUT2D eigenvalue weighted by Gasteiger charge is 2.06. The first-order valence-electron chi connectivity index (χ1n) is 6.78. The number of nitrogens with zero attached hydrogens (tertiary/aromatic N) is 1. The molecule has 0 bridgehead atoms. The minimum atomic E-state index is 0.337. The van der Waals surface area contributed by atoms with Gasteiger partial charge in [0.2, 0.25) is 0 Å². The highest BCUT2D eigenvalue weighted by Crippen LogP contribution is 2.17. The molecule has 0 fully saturated rings. The number of pyridine rings is 1. The summed E-state index contributed by atoms with van der Waals surface area (Å²) in [5.74, 6) is 0. The van der Waals surface area contributed by atoms with Gasteiger partial charge in [-0.2, -0.15) is 0 Å². The fourth-order valence-corrected chi connectivity index (χ4v) is 2.24. The van der Waals surface area contributed by atoms with E-state index in [0.29, 0.717) is 6.04 Å². The predicted molar refractivity (Wildman–Crippen MR) is 80.1 cm³/mol. The van der Waals surface area contributed by atoms with Crippen LogP contribution in [0.5, 0.6) is 0 Å². The second-order valence-corrected chi connectivity index (χ2v) is 5.25. The van der Waals surface area contributed by atoms with E-state index in [-0.39, 0.29) is 0 Å². The van der Waals surface area contributed by atoms with E-state index in [1.165, 1.54) is 27.8 Å². The van der Waals surface area contributed by atoms with Crippen molar-refractivity contribution < 1.29 is 0 Å². The Bertz CT molecular complexity index is 547. The Labute approximate surface area is 115 Å². The van der Waals surface area contributed by atoms with Crippen LogP contribution < -0.4 is 5.32 Å². The Morgan fingerprint density at radius 3 is 2.32 bits per heavy atom. The molecule has 0 aliphatic heterocycles. The smallest absolute Gasteiger partial charge is 0.0296 e. The van der Waals surface area contributed by atoms with Gasteiger partial charge >= 0.3 is 0 Å². The lowest BCUT2D eigenvalue weighted by Gasteiger charge is -2.16. The normalized spacial score (nSPS) is 12.4. The summed E-state index contributed by atoms with van der Waals surface area (Å²) < 4.78 is 0. The van der Waals surface area contributed by atoms with Gasteiger partial charge < -0.3 is 5.32 Å². The van der Waals surface area contributed by atoms with E-state index in [0.717, 1.165) is 6.54 Å². The topological polar surface area (TPSA) is 24.9 Å². The van der Waals surface area contributed by atoms with E-state index in [4.69, 9.17) is 0 Å². The van der Waals surface area contributed by atoms with Crippen LogP contribution in [0.1, 0.15) is 40.8 Å². The molecule has 2 heteroatoms. The number of aryl methyl sites for hydroxylation is 3. The average molecular weight is 254 g/mol. The molecule has 1 N–H and O–H groups in total. The number of hydrogen-bond acceptors (Lipinski definition) is 2. The van der Waals surface area contributed by atoms with E-state index in [1.54, 1.807) is 0 Å². The summed E-state index contributed by atoms with van der Waals surface area (Å²) in [7, 11) is 0. The first-order chi connectivity index (χ1) is 9.08. The molecule has 100 valence electrons. The van der Waals surface area contributed by atoms with Gasteiger partial charge in [0.15, 0.2) is 0 Å². The molecule has 0 aliphatic rings. The lowest BCUT2D eigenvalue weighted by molar-refractivity contribution is 0.572. The molecule has 1 aromatic carbocycles. The Morgan fingerprint density at radius 2 is 1.63 bits per heavy atom. The summed E-state index contributed by atoms with van der Waals surface area (Å²) in [6, 6.07) is 9.01. The lowest BCUT2D eigenvalue weighted by Crippen LogP contribution is -2.18. The molecule has 0 saturated carbocycles. The van der Waals surface area contributed by atoms with Crippen molar-refractivity contribution in [1.82, 2.24) is 10.3 Å². The summed E-state index contributed by atoms with van der Waals surface area (Å²) >= 11 is 0. The summed E-state index contributed by atoms with van der Waals surface area (Å²) in [5.41, 5.74) is 6.74. The second kappa shape index (κ2) is 5.98. The molecule has 2 aromatic rings. The van der Waals surface area contributed by atoms with Crippen molar-refractivity contribution in [3.8, 4) is 0 Å². The molecular weight excluding hydrogens is 232 g/mol. The Kier molecular flexibility index (Phi) is 4.33. The van der Waals surface area contributed by atoms with Crippen molar-refractivity contribution >= 4 is 0 Å². The maximum Gasteiger partial charge on any atom is 0.0296 e. The molecule has 0 amide bonds. The zero-order valence-electron chi connectivity index (χ0n) is 12.2. The molecular formula is C17H22N2. The van der Waals surface area contributed by atoms with Gasteiger partial charge in [0.05, 0.1) is 0 Å². The maximum absolute atomic E-state index is 4.05. The minimum Gasteiger partial charge on any atom is -0.306 e. The minimum absolute atomic E-state index is 0.337. The SMILES string of the molecule is Cc1cc(C)c(CN[C@H](C)c2ccncc2)cc1C. The van der Waals surface area contributed by atoms with Gasteiger partial charge in [0, 0.05) is 25.0 Å². The Balaban J connectivity index is 2.05. The number of rotatable bonds is 4. The Hall–Kier alpha value is -1.67. The van der Waals surface area contributed by atoms with Gasteiger partial charge in [0.25, 0.3) is 0 Å². The third kappa shape index (κ3) is 3.42. The molecule has 1 atom stereocenters. The van der Waals surface area contributed by atoms with Crippen molar-refractivity contribution in [3.63, 3.8) is 0 Å². The van der Waals surface area contributed by atoms with E-state index >= 15 is 0 Å². The number of aromatic nitrogens is 1. The molecule has 2 nitrogen and oxygen atoms in total. The molecule has 1 heterocycles. The number of hydrogen-bond donors (Lipinski definition) is 1. The van der Waals surface area contributed by atoms with Crippen molar-refractivity contribution in [2.45, 2.75) is 40.3 Å². The molecule has 1 aromatic heterocycles. The Morgan fingerprint density at radius 1 is 1.00 bits per heavy atom. The van der Waals surface area contributed by atoms with Crippen LogP contribution in [0.25, 0.3) is 0 Å². The van der Waals surface area contributed by atoms with Crippen LogP contribution in [0.15, 0.2) is 36.7 Å². The summed E-state index contributed by atoms with van der Waals surface area (Å²) in [6.07, 6.45) is 3.68. The molecule has 0 spiro atoms. The first-order valence-corrected chi connectivity index (χ1v) is 6.78. The third-order valence-corrected chi connectivity index (χ3v) is 3.76. The van der Waals surface area contributed by atoms with Crippen LogP contribution in [0.2, 0.25) is 0 Å². The molecule has 0 radical (unpaired) electrons. The molecule has 0 saturated heterocycles. The largest absolute Gasteiger partial charge is 0.306 e. The van der Waals surface area contributed by atoms with E-state index < -0.39 is 0 Å². The summed E-state index contributed by atoms with van der Waals surface area (Å²) in [6.45, 7) is 9.60. The molecule has 0 aliphatic carbocycles. The van der Waals surface area contributed by atoms with Crippen molar-refractivity contribution in [2.75, 3.05) is 0 Å². The van der Waals surface area contributed by atoms with Gasteiger partial charge in [-0.15, -0.1) is 0 Å². The van der Waals surface area contributed by atoms with E-state index in [1.807, 2.05) is 12.4 Å². The van der Waals surface area contributed by atoms with Crippen LogP contribution in [0.4, 0.5) is 0 Å². The van der Waals surface area contributed by atoms with Crippen LogP contribution in [0.3, 0.4) is 0 Å². The predicted octanol–water partition coefficient (Wildman–Crippen LogP) is 3.86. The van der Waals surface area contributed by atoms with E-state index in [9.17, 15) is 0 Å². The average Bonchev–Trinajstić information content (AvgIpc) is 2.42. The number of benzene rings is 1. The standard InChI is InChI=1S/C17H22N2/c1-12-9-14(3)17(10-13(12)2)11-19-15(4)16-5-7-18-8-6-16/h5-10,15,19H,11H2,1-4H3/t15-/m1/s1. The van der Waals surface area contributed by atoms with Crippen LogP contribution in [-0.4, -0.2) is 4.98 Å². The lowest BCUT2D eigenvalue weighted by atomic mass is 10.0. The van der Waals surface area contributed by atoms with Gasteiger partial charge in [-0.1, -0.05) is 12.1 Å². The van der Waals surface area contributed by atoms with Crippen molar-refractivity contribution in [3.05, 3.63) is 64.5 Å². The molecule has 19 heavy (non-hydrogen) atoms. The van der Waals surface area contributed by atoms with Gasteiger partial charge in [0.1, 0.15) is 0 Å². The van der Waals surface area contributed by atoms with Gasteiger partial charge in [-0.3, -0.25) is 4.98 Å². The molecule has 0 unspecified atom stereocenters. The number of nitrogens with one attached hydrogen (secondary N) is 1. The fraction of sp³-hybridized carbons (Fsp3) is 0.353. The van der Waals surface area contributed by atoms with Crippen molar-refractivity contribution in [1.29, 1.82) is 0 Å². The van der Waals surface area contributed by atoms with Crippen molar-refractivity contribution in [2.24, 2.45) is 0 Å². The zero-order valence-corrected chi connectivity index (χ0v) is 12.2. The zero-order chi connectivity index (χ0) is 13.8. The summed E-state index contributed by atoms with van der Waals surface area (Å²) in [4.78, 5) is 4.05. The maximum atomic E-state index is 4.05. The fourth-order valence-electron chi connectivity index (χ4n) is 2.24. The summed E-state index contributed by atoms with van der Waals surface area (Å²) in [5, 5.41) is 3.57. The van der Waals surface area contributed by atoms with Gasteiger partial charge in [-0.25, -0.2) is 0 Å². The monoisotopic (exact) mass is 254 g/mol. The van der Waals surface area contributed by atoms with Crippen LogP contribution in [0, 0.1) is 20.8 Å². The van der Waals surface area contributed by atoms with Crippen LogP contribution in [-0.2, 0) is 6.54 Å². The van der Waals surface area contributed by atoms with Crippen LogP contribution >= 0.6 is 0 Å². The van der Waals surface area contributed by atoms with Gasteiger partial charge in [-0.05, 0) is 67.6 Å². The first kappa shape index (κ1) is 13.8. The van der Waals surface area contributed by atoms with E-state index in [2.05, 4.69) is 62.3 Å².